The van der Waals surface area contributed by atoms with Gasteiger partial charge in [0.2, 0.25) is 0 Å². The van der Waals surface area contributed by atoms with Gasteiger partial charge < -0.3 is 4.74 Å². The number of halogens is 2. The molecule has 3 rings (SSSR count). The van der Waals surface area contributed by atoms with Crippen LogP contribution in [-0.2, 0) is 17.6 Å². The summed E-state index contributed by atoms with van der Waals surface area (Å²) in [4.78, 5) is 0. The van der Waals surface area contributed by atoms with Gasteiger partial charge >= 0.3 is 0 Å². The molecule has 0 saturated heterocycles. The van der Waals surface area contributed by atoms with E-state index in [1.165, 1.54) is 160 Å². The first-order valence-corrected chi connectivity index (χ1v) is 17.6. The molecule has 0 radical (unpaired) electrons. The number of ether oxygens (including phenoxy) is 1. The van der Waals surface area contributed by atoms with Gasteiger partial charge in [0.25, 0.3) is 0 Å². The average Bonchev–Trinajstić information content (AvgIpc) is 3.52. The van der Waals surface area contributed by atoms with Crippen molar-refractivity contribution in [2.45, 2.75) is 167 Å². The lowest BCUT2D eigenvalue weighted by Crippen LogP contribution is -2.07. The normalized spacial score (nSPS) is 17.7. The van der Waals surface area contributed by atoms with Gasteiger partial charge in [0.15, 0.2) is 0 Å². The van der Waals surface area contributed by atoms with Crippen molar-refractivity contribution in [2.24, 2.45) is 0 Å². The van der Waals surface area contributed by atoms with Gasteiger partial charge in [0, 0.05) is 8.95 Å². The molecule has 2 atom stereocenters. The predicted molar refractivity (Wildman–Crippen MR) is 169 cm³/mol. The Morgan fingerprint density at radius 1 is 0.486 bits per heavy atom. The number of hydrogen-bond acceptors (Lipinski definition) is 1. The van der Waals surface area contributed by atoms with Crippen LogP contribution >= 0.6 is 31.9 Å². The van der Waals surface area contributed by atoms with Gasteiger partial charge in [-0.2, -0.15) is 0 Å². The summed E-state index contributed by atoms with van der Waals surface area (Å²) in [6.45, 7) is 4.60. The summed E-state index contributed by atoms with van der Waals surface area (Å²) in [7, 11) is 0. The van der Waals surface area contributed by atoms with Crippen molar-refractivity contribution in [2.75, 3.05) is 0 Å². The molecule has 0 saturated carbocycles. The molecule has 0 aliphatic carbocycles. The molecule has 0 aromatic heterocycles. The third-order valence-corrected chi connectivity index (χ3v) is 10.8. The number of benzene rings is 1. The molecule has 1 nitrogen and oxygen atoms in total. The molecule has 0 unspecified atom stereocenters. The molecular weight excluding hydrogens is 584 g/mol. The van der Waals surface area contributed by atoms with Crippen LogP contribution in [0.3, 0.4) is 0 Å². The van der Waals surface area contributed by atoms with E-state index < -0.39 is 0 Å². The largest absolute Gasteiger partial charge is 0.357 e. The van der Waals surface area contributed by atoms with Crippen molar-refractivity contribution in [3.05, 3.63) is 43.4 Å². The van der Waals surface area contributed by atoms with Crippen molar-refractivity contribution in [1.29, 1.82) is 0 Å². The zero-order valence-electron chi connectivity index (χ0n) is 24.0. The van der Waals surface area contributed by atoms with Crippen molar-refractivity contribution in [3.8, 4) is 0 Å². The van der Waals surface area contributed by atoms with Crippen LogP contribution in [0.4, 0.5) is 0 Å². The number of fused-ring (bicyclic) bond motifs is 5. The second-order valence-electron chi connectivity index (χ2n) is 11.6. The summed E-state index contributed by atoms with van der Waals surface area (Å²) in [5, 5.41) is 0. The van der Waals surface area contributed by atoms with Crippen LogP contribution in [-0.4, -0.2) is 0 Å². The molecule has 0 amide bonds. The Kier molecular flexibility index (Phi) is 15.5. The molecular formula is C34H54Br2O. The van der Waals surface area contributed by atoms with Crippen molar-refractivity contribution >= 4 is 31.9 Å². The van der Waals surface area contributed by atoms with E-state index in [9.17, 15) is 0 Å². The topological polar surface area (TPSA) is 9.23 Å². The lowest BCUT2D eigenvalue weighted by molar-refractivity contribution is 0.0873. The molecule has 1 aromatic carbocycles. The van der Waals surface area contributed by atoms with Gasteiger partial charge in [-0.15, -0.1) is 0 Å². The van der Waals surface area contributed by atoms with Gasteiger partial charge in [0.1, 0.15) is 12.2 Å². The third-order valence-electron chi connectivity index (χ3n) is 8.55. The SMILES string of the molecule is CCCCCCCCCCCCc1c(Br)c(Br)c(CCCCCCCCCCCC)c2c1[C@@H]1C=C[C@H]2O1. The van der Waals surface area contributed by atoms with E-state index in [-0.39, 0.29) is 12.2 Å². The first-order valence-electron chi connectivity index (χ1n) is 16.0. The van der Waals surface area contributed by atoms with Gasteiger partial charge in [-0.05, 0) is 79.8 Å². The quantitative estimate of drug-likeness (QED) is 0.0907. The molecule has 37 heavy (non-hydrogen) atoms. The van der Waals surface area contributed by atoms with Crippen molar-refractivity contribution in [3.63, 3.8) is 0 Å². The van der Waals surface area contributed by atoms with E-state index in [1.54, 1.807) is 0 Å². The van der Waals surface area contributed by atoms with E-state index in [1.807, 2.05) is 0 Å². The lowest BCUT2D eigenvalue weighted by atomic mass is 9.85. The maximum atomic E-state index is 6.38. The van der Waals surface area contributed by atoms with E-state index in [4.69, 9.17) is 4.74 Å². The smallest absolute Gasteiger partial charge is 0.103 e. The van der Waals surface area contributed by atoms with Gasteiger partial charge in [-0.1, -0.05) is 142 Å². The molecule has 2 heterocycles. The Hall–Kier alpha value is -0.120. The van der Waals surface area contributed by atoms with Crippen LogP contribution < -0.4 is 0 Å². The average molecular weight is 639 g/mol. The monoisotopic (exact) mass is 636 g/mol. The fourth-order valence-electron chi connectivity index (χ4n) is 6.32. The standard InChI is InChI=1S/C34H54Br2O/c1-3-5-7-9-11-13-15-17-19-21-23-27-31-29-25-26-30(37-29)32(31)28(34(36)33(27)35)24-22-20-18-16-14-12-10-8-6-4-2/h25-26,29-30H,3-24H2,1-2H3/t29-,30+. The molecule has 0 fully saturated rings. The van der Waals surface area contributed by atoms with Gasteiger partial charge in [0.05, 0.1) is 0 Å². The summed E-state index contributed by atoms with van der Waals surface area (Å²) in [6.07, 6.45) is 35.0. The summed E-state index contributed by atoms with van der Waals surface area (Å²) in [6, 6.07) is 0. The molecule has 2 aliphatic heterocycles. The first kappa shape index (κ1) is 31.4. The molecule has 3 heteroatoms. The number of rotatable bonds is 22. The van der Waals surface area contributed by atoms with Crippen molar-refractivity contribution < 1.29 is 4.74 Å². The first-order chi connectivity index (χ1) is 18.2. The maximum absolute atomic E-state index is 6.38. The summed E-state index contributed by atoms with van der Waals surface area (Å²) in [5.74, 6) is 0. The second-order valence-corrected chi connectivity index (χ2v) is 13.2. The minimum atomic E-state index is 0.175. The maximum Gasteiger partial charge on any atom is 0.103 e. The Balaban J connectivity index is 1.44. The Labute approximate surface area is 246 Å². The molecule has 0 spiro atoms. The molecule has 210 valence electrons. The predicted octanol–water partition coefficient (Wildman–Crippen LogP) is 12.8. The van der Waals surface area contributed by atoms with E-state index in [0.29, 0.717) is 0 Å². The number of hydrogen-bond donors (Lipinski definition) is 0. The van der Waals surface area contributed by atoms with E-state index >= 15 is 0 Å². The minimum absolute atomic E-state index is 0.175. The van der Waals surface area contributed by atoms with Crippen LogP contribution in [0.15, 0.2) is 21.1 Å². The van der Waals surface area contributed by atoms with E-state index in [0.717, 1.165) is 12.8 Å². The minimum Gasteiger partial charge on any atom is -0.357 e. The summed E-state index contributed by atoms with van der Waals surface area (Å²) < 4.78 is 8.98. The number of unbranched alkanes of at least 4 members (excludes halogenated alkanes) is 18. The summed E-state index contributed by atoms with van der Waals surface area (Å²) >= 11 is 8.05. The lowest BCUT2D eigenvalue weighted by Gasteiger charge is -2.22. The summed E-state index contributed by atoms with van der Waals surface area (Å²) in [5.41, 5.74) is 6.01. The highest BCUT2D eigenvalue weighted by molar-refractivity contribution is 9.13. The fourth-order valence-corrected chi connectivity index (χ4v) is 7.63. The molecule has 0 N–H and O–H groups in total. The van der Waals surface area contributed by atoms with E-state index in [2.05, 4.69) is 57.9 Å². The highest BCUT2D eigenvalue weighted by Crippen LogP contribution is 2.53. The molecule has 2 bridgehead atoms. The zero-order chi connectivity index (χ0) is 26.3. The third kappa shape index (κ3) is 9.78. The second kappa shape index (κ2) is 18.3. The highest BCUT2D eigenvalue weighted by atomic mass is 79.9. The zero-order valence-corrected chi connectivity index (χ0v) is 27.2. The Morgan fingerprint density at radius 3 is 1.11 bits per heavy atom. The van der Waals surface area contributed by atoms with Crippen LogP contribution in [0.25, 0.3) is 0 Å². The highest BCUT2D eigenvalue weighted by Gasteiger charge is 2.39. The van der Waals surface area contributed by atoms with Crippen LogP contribution in [0.2, 0.25) is 0 Å². The Morgan fingerprint density at radius 2 is 0.784 bits per heavy atom. The van der Waals surface area contributed by atoms with Crippen LogP contribution in [0, 0.1) is 0 Å². The van der Waals surface area contributed by atoms with Crippen molar-refractivity contribution in [1.82, 2.24) is 0 Å². The van der Waals surface area contributed by atoms with Crippen LogP contribution in [0.5, 0.6) is 0 Å². The fraction of sp³-hybridized carbons (Fsp3) is 0.765. The Bertz CT molecular complexity index is 750. The molecule has 1 aromatic rings. The van der Waals surface area contributed by atoms with Gasteiger partial charge in [-0.3, -0.25) is 0 Å². The molecule has 2 aliphatic rings. The van der Waals surface area contributed by atoms with Gasteiger partial charge in [-0.25, -0.2) is 0 Å². The van der Waals surface area contributed by atoms with Crippen LogP contribution in [0.1, 0.15) is 177 Å².